The normalized spacial score (nSPS) is 11.7. The summed E-state index contributed by atoms with van der Waals surface area (Å²) in [5, 5.41) is 0.568. The molecule has 0 atom stereocenters. The summed E-state index contributed by atoms with van der Waals surface area (Å²) in [5.41, 5.74) is 0.897. The van der Waals surface area contributed by atoms with Crippen LogP contribution in [0, 0.1) is 5.92 Å². The molecule has 2 nitrogen and oxygen atoms in total. The van der Waals surface area contributed by atoms with E-state index in [1.807, 2.05) is 44.2 Å². The van der Waals surface area contributed by atoms with Gasteiger partial charge in [-0.05, 0) is 24.1 Å². The lowest BCUT2D eigenvalue weighted by molar-refractivity contribution is 0.104. The molecule has 0 aliphatic heterocycles. The number of hydrogen-bond acceptors (Lipinski definition) is 3. The van der Waals surface area contributed by atoms with Crippen molar-refractivity contribution in [1.82, 2.24) is 4.98 Å². The molecular formula is C13H13NOS. The number of carbonyl (C=O) groups is 1. The Bertz CT molecular complexity index is 507. The van der Waals surface area contributed by atoms with E-state index in [4.69, 9.17) is 0 Å². The summed E-state index contributed by atoms with van der Waals surface area (Å²) >= 11 is 1.45. The molecule has 1 heterocycles. The third-order valence-corrected chi connectivity index (χ3v) is 3.19. The molecule has 0 aliphatic carbocycles. The number of carbonyl (C=O) groups excluding carboxylic acids is 1. The maximum absolute atomic E-state index is 11.8. The number of para-hydroxylation sites is 1. The molecule has 0 aliphatic rings. The average Bonchev–Trinajstić information content (AvgIpc) is 2.69. The highest BCUT2D eigenvalue weighted by Gasteiger charge is 2.08. The van der Waals surface area contributed by atoms with Crippen LogP contribution in [0.5, 0.6) is 0 Å². The molecule has 0 N–H and O–H groups in total. The van der Waals surface area contributed by atoms with Crippen LogP contribution in [0.2, 0.25) is 0 Å². The highest BCUT2D eigenvalue weighted by Crippen LogP contribution is 2.22. The molecule has 0 bridgehead atoms. The van der Waals surface area contributed by atoms with Crippen LogP contribution in [-0.2, 0) is 0 Å². The van der Waals surface area contributed by atoms with Gasteiger partial charge in [-0.1, -0.05) is 32.1 Å². The van der Waals surface area contributed by atoms with E-state index in [1.165, 1.54) is 11.3 Å². The summed E-state index contributed by atoms with van der Waals surface area (Å²) < 4.78 is 1.06. The Hall–Kier alpha value is -1.48. The van der Waals surface area contributed by atoms with Crippen LogP contribution in [0.15, 0.2) is 36.4 Å². The minimum atomic E-state index is -0.00472. The van der Waals surface area contributed by atoms with Crippen LogP contribution in [-0.4, -0.2) is 10.8 Å². The fourth-order valence-corrected chi connectivity index (χ4v) is 2.21. The van der Waals surface area contributed by atoms with Crippen molar-refractivity contribution in [2.75, 3.05) is 0 Å². The van der Waals surface area contributed by atoms with E-state index in [2.05, 4.69) is 4.98 Å². The predicted molar refractivity (Wildman–Crippen MR) is 67.9 cm³/mol. The van der Waals surface area contributed by atoms with Crippen LogP contribution >= 0.6 is 11.3 Å². The third-order valence-electron chi connectivity index (χ3n) is 2.14. The Balaban J connectivity index is 2.30. The van der Waals surface area contributed by atoms with Crippen LogP contribution in [0.3, 0.4) is 0 Å². The Labute approximate surface area is 98.6 Å². The fourth-order valence-electron chi connectivity index (χ4n) is 1.33. The second-order valence-electron chi connectivity index (χ2n) is 3.95. The van der Waals surface area contributed by atoms with Gasteiger partial charge in [0.25, 0.3) is 0 Å². The lowest BCUT2D eigenvalue weighted by Crippen LogP contribution is -1.93. The van der Waals surface area contributed by atoms with E-state index in [1.54, 1.807) is 6.08 Å². The van der Waals surface area contributed by atoms with Crippen LogP contribution in [0.25, 0.3) is 10.2 Å². The largest absolute Gasteiger partial charge is 0.287 e. The van der Waals surface area contributed by atoms with Gasteiger partial charge in [0.1, 0.15) is 0 Å². The Kier molecular flexibility index (Phi) is 3.15. The molecule has 0 radical (unpaired) electrons. The first-order chi connectivity index (χ1) is 7.66. The topological polar surface area (TPSA) is 30.0 Å². The maximum atomic E-state index is 11.8. The number of fused-ring (bicyclic) bond motifs is 1. The summed E-state index contributed by atoms with van der Waals surface area (Å²) in [7, 11) is 0. The zero-order valence-corrected chi connectivity index (χ0v) is 10.1. The van der Waals surface area contributed by atoms with Gasteiger partial charge in [0.05, 0.1) is 10.2 Å². The quantitative estimate of drug-likeness (QED) is 0.595. The molecule has 2 rings (SSSR count). The molecular weight excluding hydrogens is 218 g/mol. The number of allylic oxidation sites excluding steroid dienone is 2. The van der Waals surface area contributed by atoms with E-state index in [0.717, 1.165) is 10.2 Å². The number of aromatic nitrogens is 1. The van der Waals surface area contributed by atoms with E-state index in [-0.39, 0.29) is 5.78 Å². The number of rotatable bonds is 3. The van der Waals surface area contributed by atoms with Crippen LogP contribution in [0.4, 0.5) is 0 Å². The van der Waals surface area contributed by atoms with Gasteiger partial charge >= 0.3 is 0 Å². The van der Waals surface area contributed by atoms with E-state index in [0.29, 0.717) is 10.9 Å². The Morgan fingerprint density at radius 3 is 2.81 bits per heavy atom. The molecule has 1 aromatic heterocycles. The number of hydrogen-bond donors (Lipinski definition) is 0. The SMILES string of the molecule is CC(C)/C=C/C(=O)c1nc2ccccc2s1. The van der Waals surface area contributed by atoms with Crippen molar-refractivity contribution < 1.29 is 4.79 Å². The summed E-state index contributed by atoms with van der Waals surface area (Å²) in [6, 6.07) is 7.80. The second-order valence-corrected chi connectivity index (χ2v) is 4.98. The highest BCUT2D eigenvalue weighted by molar-refractivity contribution is 7.20. The molecule has 0 unspecified atom stereocenters. The van der Waals surface area contributed by atoms with Gasteiger partial charge in [0, 0.05) is 0 Å². The smallest absolute Gasteiger partial charge is 0.214 e. The minimum absolute atomic E-state index is 0.00472. The fraction of sp³-hybridized carbons (Fsp3) is 0.231. The second kappa shape index (κ2) is 4.58. The van der Waals surface area contributed by atoms with Crippen molar-refractivity contribution in [1.29, 1.82) is 0 Å². The molecule has 0 spiro atoms. The monoisotopic (exact) mass is 231 g/mol. The van der Waals surface area contributed by atoms with Crippen LogP contribution < -0.4 is 0 Å². The van der Waals surface area contributed by atoms with E-state index in [9.17, 15) is 4.79 Å². The van der Waals surface area contributed by atoms with Crippen molar-refractivity contribution in [3.8, 4) is 0 Å². The van der Waals surface area contributed by atoms with Gasteiger partial charge < -0.3 is 0 Å². The molecule has 0 amide bonds. The van der Waals surface area contributed by atoms with Crippen molar-refractivity contribution in [3.05, 3.63) is 41.4 Å². The molecule has 2 aromatic rings. The standard InChI is InChI=1S/C13H13NOS/c1-9(2)7-8-11(15)13-14-10-5-3-4-6-12(10)16-13/h3-9H,1-2H3/b8-7+. The summed E-state index contributed by atoms with van der Waals surface area (Å²) in [4.78, 5) is 16.1. The summed E-state index contributed by atoms with van der Waals surface area (Å²) in [6.07, 6.45) is 3.51. The first kappa shape index (κ1) is 11.0. The Morgan fingerprint density at radius 1 is 1.38 bits per heavy atom. The number of benzene rings is 1. The number of thiazole rings is 1. The number of nitrogens with zero attached hydrogens (tertiary/aromatic N) is 1. The zero-order chi connectivity index (χ0) is 11.5. The highest BCUT2D eigenvalue weighted by atomic mass is 32.1. The van der Waals surface area contributed by atoms with Crippen molar-refractivity contribution >= 4 is 27.3 Å². The molecule has 0 saturated carbocycles. The zero-order valence-electron chi connectivity index (χ0n) is 9.31. The molecule has 0 fully saturated rings. The first-order valence-corrected chi connectivity index (χ1v) is 6.06. The summed E-state index contributed by atoms with van der Waals surface area (Å²) in [5.74, 6) is 0.383. The number of ketones is 1. The minimum Gasteiger partial charge on any atom is -0.287 e. The third kappa shape index (κ3) is 2.36. The van der Waals surface area contributed by atoms with Crippen molar-refractivity contribution in [2.45, 2.75) is 13.8 Å². The summed E-state index contributed by atoms with van der Waals surface area (Å²) in [6.45, 7) is 4.09. The first-order valence-electron chi connectivity index (χ1n) is 5.25. The van der Waals surface area contributed by atoms with Crippen molar-refractivity contribution in [2.24, 2.45) is 5.92 Å². The molecule has 16 heavy (non-hydrogen) atoms. The van der Waals surface area contributed by atoms with E-state index < -0.39 is 0 Å². The van der Waals surface area contributed by atoms with Gasteiger partial charge in [-0.2, -0.15) is 0 Å². The maximum Gasteiger partial charge on any atom is 0.214 e. The Morgan fingerprint density at radius 2 is 2.12 bits per heavy atom. The van der Waals surface area contributed by atoms with Gasteiger partial charge in [-0.3, -0.25) is 4.79 Å². The molecule has 3 heteroatoms. The average molecular weight is 231 g/mol. The lowest BCUT2D eigenvalue weighted by atomic mass is 10.2. The van der Waals surface area contributed by atoms with Gasteiger partial charge in [-0.15, -0.1) is 11.3 Å². The van der Waals surface area contributed by atoms with Gasteiger partial charge in [0.15, 0.2) is 5.01 Å². The predicted octanol–water partition coefficient (Wildman–Crippen LogP) is 3.69. The van der Waals surface area contributed by atoms with Gasteiger partial charge in [-0.25, -0.2) is 4.98 Å². The molecule has 82 valence electrons. The lowest BCUT2D eigenvalue weighted by Gasteiger charge is -1.91. The van der Waals surface area contributed by atoms with E-state index >= 15 is 0 Å². The van der Waals surface area contributed by atoms with Crippen molar-refractivity contribution in [3.63, 3.8) is 0 Å². The van der Waals surface area contributed by atoms with Crippen LogP contribution in [0.1, 0.15) is 23.6 Å². The van der Waals surface area contributed by atoms with Gasteiger partial charge in [0.2, 0.25) is 5.78 Å². The molecule has 1 aromatic carbocycles. The molecule has 0 saturated heterocycles.